The maximum atomic E-state index is 11.6. The summed E-state index contributed by atoms with van der Waals surface area (Å²) in [5.41, 5.74) is 1.74. The number of benzene rings is 1. The fourth-order valence-corrected chi connectivity index (χ4v) is 4.24. The second kappa shape index (κ2) is 8.01. The molecule has 5 rings (SSSR count). The van der Waals surface area contributed by atoms with Crippen LogP contribution >= 0.6 is 0 Å². The van der Waals surface area contributed by atoms with E-state index in [1.807, 2.05) is 0 Å². The molecule has 0 amide bonds. The Labute approximate surface area is 164 Å². The second-order valence-corrected chi connectivity index (χ2v) is 7.02. The van der Waals surface area contributed by atoms with Gasteiger partial charge < -0.3 is 20.1 Å². The summed E-state index contributed by atoms with van der Waals surface area (Å²) in [5.74, 6) is 0.335. The third-order valence-corrected chi connectivity index (χ3v) is 5.60. The van der Waals surface area contributed by atoms with Gasteiger partial charge in [-0.3, -0.25) is 5.10 Å². The molecule has 3 aliphatic heterocycles. The minimum atomic E-state index is -0.961. The van der Waals surface area contributed by atoms with Gasteiger partial charge >= 0.3 is 24.8 Å². The van der Waals surface area contributed by atoms with Crippen molar-refractivity contribution in [3.05, 3.63) is 23.4 Å². The number of nitrogens with zero attached hydrogens (tertiary/aromatic N) is 2. The molecule has 8 heteroatoms. The Bertz CT molecular complexity index is 786. The quantitative estimate of drug-likeness (QED) is 0.668. The minimum absolute atomic E-state index is 0. The Kier molecular flexibility index (Phi) is 5.93. The fourth-order valence-electron chi connectivity index (χ4n) is 4.24. The van der Waals surface area contributed by atoms with Crippen LogP contribution in [0.4, 0.5) is 0 Å². The number of carboxylic acid groups (broad SMARTS) is 1. The summed E-state index contributed by atoms with van der Waals surface area (Å²) in [6, 6.07) is 3.90. The van der Waals surface area contributed by atoms with E-state index in [0.29, 0.717) is 29.1 Å². The molecule has 1 unspecified atom stereocenters. The SMILES string of the molecule is COc1cc(C(=O)O)c2c(CCNC3CN4CCC3CC4)n[nH]c2c1.[LiH]. The van der Waals surface area contributed by atoms with Gasteiger partial charge in [0.1, 0.15) is 5.75 Å². The molecule has 0 radical (unpaired) electrons. The summed E-state index contributed by atoms with van der Waals surface area (Å²) < 4.78 is 5.18. The van der Waals surface area contributed by atoms with Crippen LogP contribution in [0, 0.1) is 5.92 Å². The monoisotopic (exact) mass is 352 g/mol. The average Bonchev–Trinajstić information content (AvgIpc) is 3.05. The first-order valence-electron chi connectivity index (χ1n) is 8.89. The first-order chi connectivity index (χ1) is 12.2. The predicted molar refractivity (Wildman–Crippen MR) is 101 cm³/mol. The number of H-pyrrole nitrogens is 1. The molecule has 1 aromatic heterocycles. The molecular weight excluding hydrogens is 327 g/mol. The third kappa shape index (κ3) is 3.63. The molecule has 1 atom stereocenters. The van der Waals surface area contributed by atoms with Gasteiger partial charge in [-0.15, -0.1) is 0 Å². The molecule has 3 fully saturated rings. The van der Waals surface area contributed by atoms with Crippen LogP contribution in [0.15, 0.2) is 12.1 Å². The Morgan fingerprint density at radius 3 is 2.81 bits per heavy atom. The predicted octanol–water partition coefficient (Wildman–Crippen LogP) is 0.847. The van der Waals surface area contributed by atoms with E-state index in [1.165, 1.54) is 33.0 Å². The van der Waals surface area contributed by atoms with Gasteiger partial charge in [0.25, 0.3) is 0 Å². The normalized spacial score (nSPS) is 24.4. The summed E-state index contributed by atoms with van der Waals surface area (Å²) >= 11 is 0. The van der Waals surface area contributed by atoms with Crippen molar-refractivity contribution in [2.24, 2.45) is 5.92 Å². The molecule has 7 nitrogen and oxygen atoms in total. The number of aromatic nitrogens is 2. The molecule has 0 spiro atoms. The summed E-state index contributed by atoms with van der Waals surface area (Å²) in [7, 11) is 1.53. The van der Waals surface area contributed by atoms with E-state index in [2.05, 4.69) is 20.4 Å². The molecule has 3 aliphatic rings. The number of aromatic carboxylic acids is 1. The molecule has 3 saturated heterocycles. The van der Waals surface area contributed by atoms with Gasteiger partial charge in [0.2, 0.25) is 0 Å². The van der Waals surface area contributed by atoms with Gasteiger partial charge in [-0.2, -0.15) is 5.10 Å². The standard InChI is InChI=1S/C18H24N4O3.Li.H/c1-25-12-8-13(18(23)24)17-14(20-21-15(17)9-12)2-5-19-16-10-22-6-3-11(16)4-7-22;;/h8-9,11,16,19H,2-7,10H2,1H3,(H,20,21)(H,23,24);;. The fraction of sp³-hybridized carbons (Fsp3) is 0.556. The van der Waals surface area contributed by atoms with E-state index in [0.717, 1.165) is 24.7 Å². The zero-order valence-corrected chi connectivity index (χ0v) is 14.4. The number of nitrogens with one attached hydrogen (secondary N) is 2. The molecule has 26 heavy (non-hydrogen) atoms. The van der Waals surface area contributed by atoms with Crippen molar-refractivity contribution < 1.29 is 14.6 Å². The van der Waals surface area contributed by atoms with Crippen molar-refractivity contribution in [1.82, 2.24) is 20.4 Å². The van der Waals surface area contributed by atoms with Gasteiger partial charge in [-0.1, -0.05) is 0 Å². The van der Waals surface area contributed by atoms with E-state index >= 15 is 0 Å². The van der Waals surface area contributed by atoms with Crippen molar-refractivity contribution in [2.75, 3.05) is 33.3 Å². The average molecular weight is 352 g/mol. The van der Waals surface area contributed by atoms with E-state index in [1.54, 1.807) is 12.1 Å². The molecule has 136 valence electrons. The molecule has 2 aromatic rings. The topological polar surface area (TPSA) is 90.5 Å². The van der Waals surface area contributed by atoms with E-state index < -0.39 is 5.97 Å². The van der Waals surface area contributed by atoms with Crippen molar-refractivity contribution in [1.29, 1.82) is 0 Å². The van der Waals surface area contributed by atoms with Gasteiger partial charge in [0, 0.05) is 37.0 Å². The summed E-state index contributed by atoms with van der Waals surface area (Å²) in [6.07, 6.45) is 3.27. The number of piperidine rings is 3. The van der Waals surface area contributed by atoms with E-state index in [9.17, 15) is 9.90 Å². The zero-order valence-electron chi connectivity index (χ0n) is 14.4. The summed E-state index contributed by atoms with van der Waals surface area (Å²) in [5, 5.41) is 21.2. The van der Waals surface area contributed by atoms with Crippen LogP contribution in [0.3, 0.4) is 0 Å². The second-order valence-electron chi connectivity index (χ2n) is 7.02. The number of carbonyl (C=O) groups is 1. The first kappa shape index (κ1) is 19.2. The number of hydrogen-bond acceptors (Lipinski definition) is 5. The summed E-state index contributed by atoms with van der Waals surface area (Å²) in [4.78, 5) is 14.1. The first-order valence-corrected chi connectivity index (χ1v) is 8.89. The van der Waals surface area contributed by atoms with Crippen molar-refractivity contribution in [3.63, 3.8) is 0 Å². The van der Waals surface area contributed by atoms with Crippen molar-refractivity contribution >= 4 is 35.7 Å². The van der Waals surface area contributed by atoms with Crippen LogP contribution in [0.2, 0.25) is 0 Å². The number of hydrogen-bond donors (Lipinski definition) is 3. The third-order valence-electron chi connectivity index (χ3n) is 5.60. The Balaban J connectivity index is 0.00000196. The molecule has 1 aromatic carbocycles. The maximum absolute atomic E-state index is 11.6. The van der Waals surface area contributed by atoms with Crippen LogP contribution in [0.5, 0.6) is 5.75 Å². The van der Waals surface area contributed by atoms with Gasteiger partial charge in [-0.25, -0.2) is 4.79 Å². The van der Waals surface area contributed by atoms with Crippen LogP contribution in [0.25, 0.3) is 10.9 Å². The number of carboxylic acids is 1. The van der Waals surface area contributed by atoms with Crippen molar-refractivity contribution in [2.45, 2.75) is 25.3 Å². The Morgan fingerprint density at radius 2 is 2.19 bits per heavy atom. The van der Waals surface area contributed by atoms with Gasteiger partial charge in [0.15, 0.2) is 0 Å². The molecule has 4 heterocycles. The van der Waals surface area contributed by atoms with Crippen LogP contribution < -0.4 is 10.1 Å². The van der Waals surface area contributed by atoms with Gasteiger partial charge in [0.05, 0.1) is 23.9 Å². The summed E-state index contributed by atoms with van der Waals surface area (Å²) in [6.45, 7) is 4.40. The number of rotatable bonds is 6. The molecule has 2 bridgehead atoms. The van der Waals surface area contributed by atoms with Crippen LogP contribution in [-0.4, -0.2) is 84.4 Å². The number of fused-ring (bicyclic) bond motifs is 4. The number of methoxy groups -OCH3 is 1. The molecule has 3 N–H and O–H groups in total. The van der Waals surface area contributed by atoms with Crippen LogP contribution in [0.1, 0.15) is 28.9 Å². The molecule has 0 saturated carbocycles. The molecular formula is C18H25LiN4O3. The number of ether oxygens (including phenoxy) is 1. The van der Waals surface area contributed by atoms with Gasteiger partial charge in [-0.05, 0) is 37.9 Å². The zero-order chi connectivity index (χ0) is 17.4. The Hall–Kier alpha value is -1.52. The van der Waals surface area contributed by atoms with Crippen molar-refractivity contribution in [3.8, 4) is 5.75 Å². The Morgan fingerprint density at radius 1 is 1.42 bits per heavy atom. The molecule has 0 aliphatic carbocycles. The van der Waals surface area contributed by atoms with Crippen LogP contribution in [-0.2, 0) is 6.42 Å². The van der Waals surface area contributed by atoms with E-state index in [4.69, 9.17) is 4.74 Å². The number of aromatic amines is 1. The van der Waals surface area contributed by atoms with E-state index in [-0.39, 0.29) is 24.4 Å².